The van der Waals surface area contributed by atoms with Crippen molar-refractivity contribution in [2.45, 2.75) is 97.8 Å². The Hall–Kier alpha value is -6.18. The van der Waals surface area contributed by atoms with Crippen LogP contribution in [0.4, 0.5) is 5.69 Å². The fraction of sp³-hybridized carbons (Fsp3) is 0.258. The fourth-order valence-electron chi connectivity index (χ4n) is 11.8. The molecule has 5 aromatic carbocycles. The first-order chi connectivity index (χ1) is 30.5. The first kappa shape index (κ1) is 40.9. The molecule has 10 rings (SSSR count). The summed E-state index contributed by atoms with van der Waals surface area (Å²) in [5.41, 5.74) is 24.4. The summed E-state index contributed by atoms with van der Waals surface area (Å²) in [7, 11) is 0. The van der Waals surface area contributed by atoms with Crippen molar-refractivity contribution in [3.63, 3.8) is 0 Å². The molecule has 0 spiro atoms. The van der Waals surface area contributed by atoms with Crippen molar-refractivity contribution in [2.75, 3.05) is 4.90 Å². The Labute approximate surface area is 377 Å². The molecule has 0 fully saturated rings. The average Bonchev–Trinajstić information content (AvgIpc) is 3.51. The molecule has 0 amide bonds. The molecular formula is C62H61N. The van der Waals surface area contributed by atoms with Gasteiger partial charge in [-0.15, -0.1) is 0 Å². The molecule has 0 saturated heterocycles. The van der Waals surface area contributed by atoms with Gasteiger partial charge in [-0.1, -0.05) is 173 Å². The van der Waals surface area contributed by atoms with Crippen molar-refractivity contribution in [1.29, 1.82) is 0 Å². The van der Waals surface area contributed by atoms with Crippen molar-refractivity contribution < 1.29 is 0 Å². The first-order valence-corrected chi connectivity index (χ1v) is 23.4. The van der Waals surface area contributed by atoms with Crippen LogP contribution in [0.2, 0.25) is 0 Å². The maximum atomic E-state index is 2.69. The lowest BCUT2D eigenvalue weighted by Gasteiger charge is -2.48. The fourth-order valence-corrected chi connectivity index (χ4v) is 11.8. The summed E-state index contributed by atoms with van der Waals surface area (Å²) >= 11 is 0. The molecule has 5 aromatic rings. The van der Waals surface area contributed by atoms with Crippen molar-refractivity contribution in [2.24, 2.45) is 5.41 Å². The van der Waals surface area contributed by atoms with Crippen LogP contribution in [0.15, 0.2) is 220 Å². The Bertz CT molecular complexity index is 2790. The van der Waals surface area contributed by atoms with Gasteiger partial charge in [0.05, 0.1) is 0 Å². The third kappa shape index (κ3) is 6.66. The second-order valence-corrected chi connectivity index (χ2v) is 19.5. The largest absolute Gasteiger partial charge is 0.314 e. The van der Waals surface area contributed by atoms with Gasteiger partial charge in [-0.3, -0.25) is 0 Å². The zero-order chi connectivity index (χ0) is 43.5. The highest BCUT2D eigenvalue weighted by Crippen LogP contribution is 2.57. The lowest BCUT2D eigenvalue weighted by molar-refractivity contribution is 0.522. The van der Waals surface area contributed by atoms with Gasteiger partial charge in [0.2, 0.25) is 0 Å². The Kier molecular flexibility index (Phi) is 10.3. The van der Waals surface area contributed by atoms with Gasteiger partial charge in [0, 0.05) is 33.3 Å². The topological polar surface area (TPSA) is 3.24 Å². The Morgan fingerprint density at radius 2 is 1.10 bits per heavy atom. The molecule has 5 aliphatic rings. The number of nitrogens with zero attached hydrogens (tertiary/aromatic N) is 1. The monoisotopic (exact) mass is 819 g/mol. The van der Waals surface area contributed by atoms with Crippen LogP contribution in [0.3, 0.4) is 0 Å². The highest BCUT2D eigenvalue weighted by molar-refractivity contribution is 5.82. The Morgan fingerprint density at radius 3 is 1.70 bits per heavy atom. The summed E-state index contributed by atoms with van der Waals surface area (Å²) < 4.78 is 0. The van der Waals surface area contributed by atoms with Crippen molar-refractivity contribution in [1.82, 2.24) is 0 Å². The maximum Gasteiger partial charge on any atom is 0.0493 e. The average molecular weight is 820 g/mol. The van der Waals surface area contributed by atoms with E-state index < -0.39 is 0 Å². The molecular weight excluding hydrogens is 759 g/mol. The van der Waals surface area contributed by atoms with Crippen LogP contribution < -0.4 is 4.90 Å². The molecule has 0 saturated carbocycles. The van der Waals surface area contributed by atoms with Gasteiger partial charge in [0.25, 0.3) is 0 Å². The predicted octanol–water partition coefficient (Wildman–Crippen LogP) is 16.6. The number of anilines is 1. The number of allylic oxidation sites excluding steroid dienone is 15. The lowest BCUT2D eigenvalue weighted by atomic mass is 9.55. The van der Waals surface area contributed by atoms with E-state index in [9.17, 15) is 0 Å². The Morgan fingerprint density at radius 1 is 0.540 bits per heavy atom. The first-order valence-electron chi connectivity index (χ1n) is 23.4. The SMILES string of the molecule is C/C=C\C1=C(C)C(C)(C)C2=C1CCC(N(C1=C(C3=C(C4(C)c5ccccc5C(C)(C)c5ccccc54)CCC=C3)CCC=C1)c1cc(-c3ccccc3)cc(-c3ccccc3)c1)=C2. The molecule has 0 bridgehead atoms. The summed E-state index contributed by atoms with van der Waals surface area (Å²) in [5, 5.41) is 0. The van der Waals surface area contributed by atoms with Gasteiger partial charge in [-0.25, -0.2) is 0 Å². The number of fused-ring (bicyclic) bond motifs is 2. The second-order valence-electron chi connectivity index (χ2n) is 19.5. The van der Waals surface area contributed by atoms with Crippen molar-refractivity contribution in [3.05, 3.63) is 243 Å². The molecule has 0 unspecified atom stereocenters. The third-order valence-electron chi connectivity index (χ3n) is 15.4. The molecule has 0 atom stereocenters. The van der Waals surface area contributed by atoms with Gasteiger partial charge >= 0.3 is 0 Å². The normalized spacial score (nSPS) is 19.6. The summed E-state index contributed by atoms with van der Waals surface area (Å²) in [6.07, 6.45) is 23.0. The van der Waals surface area contributed by atoms with Crippen LogP contribution in [-0.4, -0.2) is 0 Å². The molecule has 0 radical (unpaired) electrons. The summed E-state index contributed by atoms with van der Waals surface area (Å²) in [6.45, 7) is 16.7. The van der Waals surface area contributed by atoms with E-state index in [0.29, 0.717) is 0 Å². The zero-order valence-electron chi connectivity index (χ0n) is 38.4. The zero-order valence-corrected chi connectivity index (χ0v) is 38.4. The number of hydrogen-bond donors (Lipinski definition) is 0. The van der Waals surface area contributed by atoms with Crippen LogP contribution in [0.5, 0.6) is 0 Å². The highest BCUT2D eigenvalue weighted by atomic mass is 15.2. The number of hydrogen-bond acceptors (Lipinski definition) is 1. The predicted molar refractivity (Wildman–Crippen MR) is 268 cm³/mol. The summed E-state index contributed by atoms with van der Waals surface area (Å²) in [4.78, 5) is 2.69. The quantitative estimate of drug-likeness (QED) is 0.151. The smallest absolute Gasteiger partial charge is 0.0493 e. The van der Waals surface area contributed by atoms with Gasteiger partial charge < -0.3 is 4.90 Å². The second kappa shape index (κ2) is 15.9. The van der Waals surface area contributed by atoms with Crippen LogP contribution >= 0.6 is 0 Å². The molecule has 0 aromatic heterocycles. The third-order valence-corrected chi connectivity index (χ3v) is 15.4. The maximum absolute atomic E-state index is 2.69. The minimum absolute atomic E-state index is 0.0614. The summed E-state index contributed by atoms with van der Waals surface area (Å²) in [5.74, 6) is 0. The van der Waals surface area contributed by atoms with Crippen molar-refractivity contribution >= 4 is 5.69 Å². The van der Waals surface area contributed by atoms with E-state index in [1.165, 1.54) is 95.0 Å². The van der Waals surface area contributed by atoms with E-state index in [1.807, 2.05) is 0 Å². The highest BCUT2D eigenvalue weighted by Gasteiger charge is 2.47. The minimum atomic E-state index is -0.287. The molecule has 1 nitrogen and oxygen atoms in total. The number of benzene rings is 5. The molecule has 0 N–H and O–H groups in total. The van der Waals surface area contributed by atoms with E-state index >= 15 is 0 Å². The van der Waals surface area contributed by atoms with E-state index in [-0.39, 0.29) is 16.2 Å². The summed E-state index contributed by atoms with van der Waals surface area (Å²) in [6, 6.07) is 47.9. The van der Waals surface area contributed by atoms with Crippen LogP contribution in [0.1, 0.15) is 109 Å². The van der Waals surface area contributed by atoms with Crippen LogP contribution in [0.25, 0.3) is 22.3 Å². The lowest BCUT2D eigenvalue weighted by Crippen LogP contribution is -2.40. The van der Waals surface area contributed by atoms with E-state index in [0.717, 1.165) is 38.5 Å². The van der Waals surface area contributed by atoms with Gasteiger partial charge in [0.15, 0.2) is 0 Å². The molecule has 314 valence electrons. The van der Waals surface area contributed by atoms with E-state index in [2.05, 4.69) is 223 Å². The van der Waals surface area contributed by atoms with Gasteiger partial charge in [-0.05, 0) is 168 Å². The van der Waals surface area contributed by atoms with Crippen LogP contribution in [-0.2, 0) is 10.8 Å². The number of rotatable bonds is 8. The molecule has 0 heterocycles. The van der Waals surface area contributed by atoms with E-state index in [1.54, 1.807) is 5.57 Å². The van der Waals surface area contributed by atoms with Crippen molar-refractivity contribution in [3.8, 4) is 22.3 Å². The van der Waals surface area contributed by atoms with E-state index in [4.69, 9.17) is 0 Å². The molecule has 0 aliphatic heterocycles. The van der Waals surface area contributed by atoms with Gasteiger partial charge in [0.1, 0.15) is 0 Å². The molecule has 1 heteroatoms. The minimum Gasteiger partial charge on any atom is -0.314 e. The van der Waals surface area contributed by atoms with Gasteiger partial charge in [-0.2, -0.15) is 0 Å². The Balaban J connectivity index is 1.26. The molecule has 63 heavy (non-hydrogen) atoms. The molecule has 5 aliphatic carbocycles. The standard InChI is InChI=1S/C62H61N/c1-8-23-49-42(2)60(3,4)58-41-47(36-37-51(49)58)63(48-39-45(43-24-11-9-12-25-43)38-46(40-48)44-26-13-10-14-27-44)59-35-22-16-29-52(59)50-28-15-17-30-53(50)62(7)56-33-20-18-31-54(56)61(5,6)55-32-19-21-34-57(55)62/h8-15,18-28,31-35,38-41H,16-17,29-30,36-37H2,1-7H3/b23-8-. The van der Waals surface area contributed by atoms with Crippen LogP contribution in [0, 0.1) is 5.41 Å².